The van der Waals surface area contributed by atoms with Crippen LogP contribution in [0.3, 0.4) is 0 Å². The topological polar surface area (TPSA) is 81.9 Å². The molecular formula is C22H23ClN2O5. The van der Waals surface area contributed by atoms with Gasteiger partial charge < -0.3 is 14.4 Å². The molecule has 0 aliphatic carbocycles. The van der Waals surface area contributed by atoms with Crippen LogP contribution in [0, 0.1) is 10.1 Å². The van der Waals surface area contributed by atoms with E-state index in [2.05, 4.69) is 0 Å². The monoisotopic (exact) mass is 430 g/mol. The smallest absolute Gasteiger partial charge is 0.415 e. The van der Waals surface area contributed by atoms with E-state index in [4.69, 9.17) is 21.1 Å². The zero-order valence-electron chi connectivity index (χ0n) is 16.8. The van der Waals surface area contributed by atoms with E-state index >= 15 is 0 Å². The van der Waals surface area contributed by atoms with E-state index in [1.54, 1.807) is 11.8 Å². The molecule has 2 atom stereocenters. The SMILES string of the molecule is CCOC(=O)/C(=C1/O[C@H](c2ccc(CCl)cc2)[C@@H](C)N1Cc1ccccc1)[N+](=O)[O-]. The second kappa shape index (κ2) is 9.63. The number of carbonyl (C=O) groups excluding carboxylic acids is 1. The van der Waals surface area contributed by atoms with E-state index in [-0.39, 0.29) is 18.5 Å². The first-order chi connectivity index (χ1) is 14.5. The van der Waals surface area contributed by atoms with Crippen LogP contribution in [0.5, 0.6) is 0 Å². The molecule has 0 amide bonds. The number of benzene rings is 2. The fourth-order valence-corrected chi connectivity index (χ4v) is 3.58. The minimum Gasteiger partial charge on any atom is -0.464 e. The molecule has 1 heterocycles. The van der Waals surface area contributed by atoms with Gasteiger partial charge in [-0.2, -0.15) is 0 Å². The van der Waals surface area contributed by atoms with E-state index in [0.717, 1.165) is 16.7 Å². The van der Waals surface area contributed by atoms with Crippen LogP contribution in [0.25, 0.3) is 0 Å². The summed E-state index contributed by atoms with van der Waals surface area (Å²) in [5, 5.41) is 11.8. The maximum atomic E-state index is 12.4. The number of halogens is 1. The molecule has 7 nitrogen and oxygen atoms in total. The quantitative estimate of drug-likeness (QED) is 0.213. The van der Waals surface area contributed by atoms with Gasteiger partial charge in [-0.1, -0.05) is 54.6 Å². The van der Waals surface area contributed by atoms with Crippen molar-refractivity contribution in [2.45, 2.75) is 38.4 Å². The minimum absolute atomic E-state index is 0.0288. The van der Waals surface area contributed by atoms with Crippen molar-refractivity contribution in [3.05, 3.63) is 93.0 Å². The van der Waals surface area contributed by atoms with Gasteiger partial charge in [0.1, 0.15) is 6.10 Å². The van der Waals surface area contributed by atoms with Gasteiger partial charge in [-0.25, -0.2) is 4.79 Å². The zero-order valence-corrected chi connectivity index (χ0v) is 17.5. The summed E-state index contributed by atoms with van der Waals surface area (Å²) in [6.45, 7) is 3.89. The number of hydrogen-bond donors (Lipinski definition) is 0. The lowest BCUT2D eigenvalue weighted by Crippen LogP contribution is -2.30. The van der Waals surface area contributed by atoms with Crippen LogP contribution in [0.2, 0.25) is 0 Å². The summed E-state index contributed by atoms with van der Waals surface area (Å²) in [5.74, 6) is -0.705. The first-order valence-electron chi connectivity index (χ1n) is 9.64. The van der Waals surface area contributed by atoms with E-state index in [1.165, 1.54) is 0 Å². The van der Waals surface area contributed by atoms with Gasteiger partial charge >= 0.3 is 11.7 Å². The Morgan fingerprint density at radius 1 is 1.17 bits per heavy atom. The lowest BCUT2D eigenvalue weighted by Gasteiger charge is -2.23. The molecule has 0 N–H and O–H groups in total. The molecule has 1 aliphatic heterocycles. The summed E-state index contributed by atoms with van der Waals surface area (Å²) >= 11 is 5.87. The van der Waals surface area contributed by atoms with E-state index in [9.17, 15) is 14.9 Å². The highest BCUT2D eigenvalue weighted by Crippen LogP contribution is 2.39. The Morgan fingerprint density at radius 3 is 2.40 bits per heavy atom. The van der Waals surface area contributed by atoms with Gasteiger partial charge in [0.15, 0.2) is 0 Å². The molecule has 1 saturated heterocycles. The Bertz CT molecular complexity index is 930. The summed E-state index contributed by atoms with van der Waals surface area (Å²) in [6.07, 6.45) is -0.488. The van der Waals surface area contributed by atoms with E-state index < -0.39 is 22.7 Å². The molecule has 158 valence electrons. The van der Waals surface area contributed by atoms with Crippen molar-refractivity contribution in [3.8, 4) is 0 Å². The van der Waals surface area contributed by atoms with Gasteiger partial charge in [0.25, 0.3) is 5.88 Å². The fourth-order valence-electron chi connectivity index (χ4n) is 3.40. The van der Waals surface area contributed by atoms with E-state index in [0.29, 0.717) is 12.4 Å². The maximum absolute atomic E-state index is 12.4. The molecule has 0 spiro atoms. The Hall–Kier alpha value is -3.06. The maximum Gasteiger partial charge on any atom is 0.415 e. The van der Waals surface area contributed by atoms with Crippen molar-refractivity contribution in [1.29, 1.82) is 0 Å². The highest BCUT2D eigenvalue weighted by Gasteiger charge is 2.45. The average Bonchev–Trinajstić information content (AvgIpc) is 3.05. The van der Waals surface area contributed by atoms with Crippen molar-refractivity contribution in [2.24, 2.45) is 0 Å². The highest BCUT2D eigenvalue weighted by molar-refractivity contribution is 6.17. The zero-order chi connectivity index (χ0) is 21.7. The number of alkyl halides is 1. The number of esters is 1. The molecule has 0 aromatic heterocycles. The number of nitro groups is 1. The third-order valence-electron chi connectivity index (χ3n) is 4.94. The molecule has 2 aromatic rings. The molecule has 1 fully saturated rings. The van der Waals surface area contributed by atoms with Gasteiger partial charge in [-0.15, -0.1) is 11.6 Å². The predicted octanol–water partition coefficient (Wildman–Crippen LogP) is 4.40. The third kappa shape index (κ3) is 4.57. The standard InChI is InChI=1S/C22H23ClN2O5/c1-3-29-22(26)19(25(27)28)21-24(14-17-7-5-4-6-8-17)15(2)20(30-21)18-11-9-16(13-23)10-12-18/h4-12,15,20H,3,13-14H2,1-2H3/b21-19-/t15-,20+/m1/s1. The largest absolute Gasteiger partial charge is 0.464 e. The van der Waals surface area contributed by atoms with Crippen LogP contribution >= 0.6 is 11.6 Å². The summed E-state index contributed by atoms with van der Waals surface area (Å²) in [6, 6.07) is 16.8. The number of ether oxygens (including phenoxy) is 2. The summed E-state index contributed by atoms with van der Waals surface area (Å²) in [4.78, 5) is 25.1. The molecule has 0 bridgehead atoms. The molecule has 8 heteroatoms. The van der Waals surface area contributed by atoms with Gasteiger partial charge in [-0.3, -0.25) is 10.1 Å². The molecule has 0 unspecified atom stereocenters. The fraction of sp³-hybridized carbons (Fsp3) is 0.318. The van der Waals surface area contributed by atoms with Crippen LogP contribution in [0.15, 0.2) is 66.2 Å². The Morgan fingerprint density at radius 2 is 1.83 bits per heavy atom. The van der Waals surface area contributed by atoms with Crippen LogP contribution in [-0.2, 0) is 26.7 Å². The predicted molar refractivity (Wildman–Crippen MR) is 112 cm³/mol. The molecule has 0 radical (unpaired) electrons. The summed E-state index contributed by atoms with van der Waals surface area (Å²) in [5.41, 5.74) is 2.05. The summed E-state index contributed by atoms with van der Waals surface area (Å²) in [7, 11) is 0. The second-order valence-electron chi connectivity index (χ2n) is 6.90. The van der Waals surface area contributed by atoms with Crippen molar-refractivity contribution in [1.82, 2.24) is 4.90 Å². The molecule has 30 heavy (non-hydrogen) atoms. The Balaban J connectivity index is 2.04. The average molecular weight is 431 g/mol. The lowest BCUT2D eigenvalue weighted by molar-refractivity contribution is -0.425. The van der Waals surface area contributed by atoms with E-state index in [1.807, 2.05) is 61.5 Å². The Labute approximate surface area is 180 Å². The molecule has 2 aromatic carbocycles. The third-order valence-corrected chi connectivity index (χ3v) is 5.25. The number of rotatable bonds is 7. The van der Waals surface area contributed by atoms with Crippen LogP contribution < -0.4 is 0 Å². The van der Waals surface area contributed by atoms with Gasteiger partial charge in [0, 0.05) is 12.4 Å². The first kappa shape index (κ1) is 21.6. The lowest BCUT2D eigenvalue weighted by atomic mass is 10.0. The molecule has 1 aliphatic rings. The summed E-state index contributed by atoms with van der Waals surface area (Å²) < 4.78 is 11.0. The van der Waals surface area contributed by atoms with Crippen molar-refractivity contribution in [3.63, 3.8) is 0 Å². The molecular weight excluding hydrogens is 408 g/mol. The first-order valence-corrected chi connectivity index (χ1v) is 10.2. The van der Waals surface area contributed by atoms with Crippen molar-refractivity contribution >= 4 is 17.6 Å². The van der Waals surface area contributed by atoms with Gasteiger partial charge in [-0.05, 0) is 30.5 Å². The minimum atomic E-state index is -1.01. The van der Waals surface area contributed by atoms with Gasteiger partial charge in [0.05, 0.1) is 17.6 Å². The second-order valence-corrected chi connectivity index (χ2v) is 7.17. The normalized spacial score (nSPS) is 19.9. The molecule has 3 rings (SSSR count). The Kier molecular flexibility index (Phi) is 6.95. The van der Waals surface area contributed by atoms with Crippen LogP contribution in [-0.4, -0.2) is 28.4 Å². The number of hydrogen-bond acceptors (Lipinski definition) is 6. The van der Waals surface area contributed by atoms with Crippen LogP contribution in [0.1, 0.15) is 36.6 Å². The highest BCUT2D eigenvalue weighted by atomic mass is 35.5. The van der Waals surface area contributed by atoms with Crippen LogP contribution in [0.4, 0.5) is 0 Å². The number of nitrogens with zero attached hydrogens (tertiary/aromatic N) is 2. The number of carbonyl (C=O) groups is 1. The van der Waals surface area contributed by atoms with Gasteiger partial charge in [0.2, 0.25) is 0 Å². The van der Waals surface area contributed by atoms with Crippen molar-refractivity contribution < 1.29 is 19.2 Å². The van der Waals surface area contributed by atoms with Crippen molar-refractivity contribution in [2.75, 3.05) is 6.61 Å². The molecule has 0 saturated carbocycles.